The first kappa shape index (κ1) is 26.4. The van der Waals surface area contributed by atoms with Gasteiger partial charge in [-0.05, 0) is 51.2 Å². The first-order valence-corrected chi connectivity index (χ1v) is 13.0. The van der Waals surface area contributed by atoms with Crippen LogP contribution in [-0.4, -0.2) is 75.6 Å². The molecule has 0 saturated carbocycles. The van der Waals surface area contributed by atoms with Gasteiger partial charge >= 0.3 is 5.97 Å². The number of fused-ring (bicyclic) bond motifs is 1. The van der Waals surface area contributed by atoms with Crippen molar-refractivity contribution in [1.29, 1.82) is 0 Å². The third-order valence-corrected chi connectivity index (χ3v) is 7.08. The summed E-state index contributed by atoms with van der Waals surface area (Å²) in [4.78, 5) is 54.5. The molecular formula is C27H35N5O5. The van der Waals surface area contributed by atoms with Crippen molar-refractivity contribution in [3.63, 3.8) is 0 Å². The highest BCUT2D eigenvalue weighted by atomic mass is 16.5. The maximum absolute atomic E-state index is 13.3. The number of carbonyl (C=O) groups is 4. The van der Waals surface area contributed by atoms with E-state index in [0.29, 0.717) is 57.9 Å². The van der Waals surface area contributed by atoms with E-state index in [4.69, 9.17) is 4.74 Å². The molecule has 0 unspecified atom stereocenters. The number of piperidine rings is 1. The average Bonchev–Trinajstić information content (AvgIpc) is 3.27. The molecule has 3 heterocycles. The van der Waals surface area contributed by atoms with Gasteiger partial charge in [0.25, 0.3) is 11.8 Å². The fourth-order valence-electron chi connectivity index (χ4n) is 4.89. The molecule has 37 heavy (non-hydrogen) atoms. The number of benzene rings is 1. The number of nitrogens with one attached hydrogen (secondary N) is 1. The summed E-state index contributed by atoms with van der Waals surface area (Å²) in [5.74, 6) is -1.29. The highest BCUT2D eigenvalue weighted by Gasteiger charge is 2.32. The molecule has 2 aromatic rings. The molecule has 4 rings (SSSR count). The van der Waals surface area contributed by atoms with Crippen LogP contribution in [0, 0.1) is 12.8 Å². The minimum Gasteiger partial charge on any atom is -0.466 e. The second-order valence-corrected chi connectivity index (χ2v) is 9.69. The zero-order valence-electron chi connectivity index (χ0n) is 21.7. The van der Waals surface area contributed by atoms with E-state index in [1.807, 2.05) is 31.2 Å². The van der Waals surface area contributed by atoms with Crippen LogP contribution >= 0.6 is 0 Å². The lowest BCUT2D eigenvalue weighted by Gasteiger charge is -2.32. The van der Waals surface area contributed by atoms with E-state index in [0.717, 1.165) is 17.5 Å². The van der Waals surface area contributed by atoms with Crippen LogP contribution < -0.4 is 5.32 Å². The van der Waals surface area contributed by atoms with E-state index in [9.17, 15) is 19.2 Å². The summed E-state index contributed by atoms with van der Waals surface area (Å²) in [5.41, 5.74) is 2.69. The van der Waals surface area contributed by atoms with Crippen LogP contribution in [0.15, 0.2) is 30.3 Å². The Labute approximate surface area is 216 Å². The lowest BCUT2D eigenvalue weighted by molar-refractivity contribution is -0.151. The summed E-state index contributed by atoms with van der Waals surface area (Å²) < 4.78 is 6.67. The van der Waals surface area contributed by atoms with Crippen LogP contribution in [-0.2, 0) is 27.4 Å². The van der Waals surface area contributed by atoms with E-state index in [1.54, 1.807) is 28.3 Å². The normalized spacial score (nSPS) is 17.1. The lowest BCUT2D eigenvalue weighted by Crippen LogP contribution is -2.50. The van der Waals surface area contributed by atoms with Crippen molar-refractivity contribution in [2.24, 2.45) is 5.92 Å². The molecule has 0 spiro atoms. The molecule has 10 nitrogen and oxygen atoms in total. The van der Waals surface area contributed by atoms with Gasteiger partial charge in [-0.1, -0.05) is 24.3 Å². The highest BCUT2D eigenvalue weighted by Crippen LogP contribution is 2.20. The Bertz CT molecular complexity index is 1170. The van der Waals surface area contributed by atoms with Crippen LogP contribution in [0.2, 0.25) is 0 Å². The average molecular weight is 510 g/mol. The molecule has 10 heteroatoms. The molecule has 2 aliphatic heterocycles. The maximum atomic E-state index is 13.3. The molecule has 198 valence electrons. The van der Waals surface area contributed by atoms with Gasteiger partial charge in [0.15, 0.2) is 5.69 Å². The number of carbonyl (C=O) groups excluding carboxylic acids is 4. The quantitative estimate of drug-likeness (QED) is 0.572. The van der Waals surface area contributed by atoms with Crippen LogP contribution in [0.1, 0.15) is 65.2 Å². The predicted octanol–water partition coefficient (Wildman–Crippen LogP) is 2.16. The fourth-order valence-corrected chi connectivity index (χ4v) is 4.89. The molecular weight excluding hydrogens is 474 g/mol. The number of rotatable bonds is 7. The topological polar surface area (TPSA) is 114 Å². The molecule has 1 fully saturated rings. The lowest BCUT2D eigenvalue weighted by atomic mass is 9.96. The van der Waals surface area contributed by atoms with Crippen molar-refractivity contribution in [3.8, 4) is 0 Å². The standard InChI is InChI=1S/C27H35N5O5/c1-4-37-27(36)20-10-14-30(15-11-20)25(34)19(3)28-24(33)22-16-23-26(35)31(12-7-13-32(23)29-22)17-21-9-6-5-8-18(21)2/h5-6,8-9,16,19-20H,4,7,10-15,17H2,1-3H3,(H,28,33)/t19-/m0/s1. The molecule has 0 radical (unpaired) electrons. The van der Waals surface area contributed by atoms with E-state index in [2.05, 4.69) is 10.4 Å². The van der Waals surface area contributed by atoms with Gasteiger partial charge in [-0.25, -0.2) is 0 Å². The van der Waals surface area contributed by atoms with E-state index in [1.165, 1.54) is 6.07 Å². The number of aromatic nitrogens is 2. The minimum atomic E-state index is -0.763. The number of likely N-dealkylation sites (tertiary alicyclic amines) is 1. The zero-order valence-corrected chi connectivity index (χ0v) is 21.7. The predicted molar refractivity (Wildman–Crippen MR) is 136 cm³/mol. The minimum absolute atomic E-state index is 0.113. The number of amides is 3. The maximum Gasteiger partial charge on any atom is 0.309 e. The van der Waals surface area contributed by atoms with Crippen molar-refractivity contribution in [2.45, 2.75) is 59.2 Å². The molecule has 2 aliphatic rings. The third-order valence-electron chi connectivity index (χ3n) is 7.08. The highest BCUT2D eigenvalue weighted by molar-refractivity contribution is 5.99. The van der Waals surface area contributed by atoms with E-state index >= 15 is 0 Å². The second-order valence-electron chi connectivity index (χ2n) is 9.69. The number of ether oxygens (including phenoxy) is 1. The Balaban J connectivity index is 1.36. The Kier molecular flexibility index (Phi) is 8.25. The van der Waals surface area contributed by atoms with Crippen LogP contribution in [0.3, 0.4) is 0 Å². The summed E-state index contributed by atoms with van der Waals surface area (Å²) in [7, 11) is 0. The molecule has 1 aromatic heterocycles. The monoisotopic (exact) mass is 509 g/mol. The molecule has 1 atom stereocenters. The molecule has 1 aromatic carbocycles. The van der Waals surface area contributed by atoms with Crippen molar-refractivity contribution in [1.82, 2.24) is 24.9 Å². The van der Waals surface area contributed by atoms with Gasteiger partial charge < -0.3 is 19.9 Å². The second kappa shape index (κ2) is 11.6. The van der Waals surface area contributed by atoms with Gasteiger partial charge in [0.2, 0.25) is 5.91 Å². The first-order valence-electron chi connectivity index (χ1n) is 13.0. The first-order chi connectivity index (χ1) is 17.8. The van der Waals surface area contributed by atoms with Gasteiger partial charge in [0.1, 0.15) is 11.7 Å². The van der Waals surface area contributed by atoms with Crippen molar-refractivity contribution < 1.29 is 23.9 Å². The third kappa shape index (κ3) is 6.00. The van der Waals surface area contributed by atoms with Crippen molar-refractivity contribution in [2.75, 3.05) is 26.2 Å². The summed E-state index contributed by atoms with van der Waals surface area (Å²) in [6, 6.07) is 8.72. The van der Waals surface area contributed by atoms with Crippen LogP contribution in [0.4, 0.5) is 0 Å². The molecule has 3 amide bonds. The van der Waals surface area contributed by atoms with Gasteiger partial charge in [-0.15, -0.1) is 0 Å². The van der Waals surface area contributed by atoms with Gasteiger partial charge in [0, 0.05) is 38.8 Å². The molecule has 0 aliphatic carbocycles. The number of aryl methyl sites for hydroxylation is 2. The summed E-state index contributed by atoms with van der Waals surface area (Å²) >= 11 is 0. The van der Waals surface area contributed by atoms with Crippen molar-refractivity contribution in [3.05, 3.63) is 52.8 Å². The Morgan fingerprint density at radius 2 is 1.86 bits per heavy atom. The smallest absolute Gasteiger partial charge is 0.309 e. The number of nitrogens with zero attached hydrogens (tertiary/aromatic N) is 4. The van der Waals surface area contributed by atoms with E-state index < -0.39 is 11.9 Å². The summed E-state index contributed by atoms with van der Waals surface area (Å²) in [6.45, 7) is 8.28. The molecule has 1 N–H and O–H groups in total. The Morgan fingerprint density at radius 1 is 1.14 bits per heavy atom. The number of esters is 1. The SMILES string of the molecule is CCOC(=O)C1CCN(C(=O)[C@H](C)NC(=O)c2cc3n(n2)CCCN(Cc2ccccc2C)C3=O)CC1. The van der Waals surface area contributed by atoms with Gasteiger partial charge in [-0.2, -0.15) is 5.10 Å². The molecule has 0 bridgehead atoms. The van der Waals surface area contributed by atoms with Gasteiger partial charge in [0.05, 0.1) is 12.5 Å². The molecule has 1 saturated heterocycles. The summed E-state index contributed by atoms with van der Waals surface area (Å²) in [6.07, 6.45) is 1.81. The Hall–Kier alpha value is -3.69. The zero-order chi connectivity index (χ0) is 26.5. The fraction of sp³-hybridized carbons (Fsp3) is 0.519. The van der Waals surface area contributed by atoms with Crippen LogP contribution in [0.25, 0.3) is 0 Å². The number of hydrogen-bond acceptors (Lipinski definition) is 6. The van der Waals surface area contributed by atoms with Crippen molar-refractivity contribution >= 4 is 23.7 Å². The Morgan fingerprint density at radius 3 is 2.57 bits per heavy atom. The van der Waals surface area contributed by atoms with E-state index in [-0.39, 0.29) is 29.4 Å². The largest absolute Gasteiger partial charge is 0.466 e. The summed E-state index contributed by atoms with van der Waals surface area (Å²) in [5, 5.41) is 7.10. The van der Waals surface area contributed by atoms with Gasteiger partial charge in [-0.3, -0.25) is 23.9 Å². The van der Waals surface area contributed by atoms with Crippen LogP contribution in [0.5, 0.6) is 0 Å². The number of hydrogen-bond donors (Lipinski definition) is 1.